The Morgan fingerprint density at radius 1 is 1.35 bits per heavy atom. The zero-order chi connectivity index (χ0) is 13.2. The van der Waals surface area contributed by atoms with Gasteiger partial charge >= 0.3 is 0 Å². The molecule has 1 atom stereocenters. The molecule has 3 rings (SSSR count). The lowest BCUT2D eigenvalue weighted by Gasteiger charge is -2.10. The van der Waals surface area contributed by atoms with Crippen LogP contribution in [0.4, 0.5) is 4.39 Å². The van der Waals surface area contributed by atoms with Crippen LogP contribution < -0.4 is 5.73 Å². The number of aromatic nitrogens is 2. The highest BCUT2D eigenvalue weighted by Gasteiger charge is 2.21. The molecule has 1 fully saturated rings. The van der Waals surface area contributed by atoms with Gasteiger partial charge in [0.1, 0.15) is 5.82 Å². The first-order valence-electron chi connectivity index (χ1n) is 6.27. The van der Waals surface area contributed by atoms with Crippen molar-refractivity contribution in [3.63, 3.8) is 0 Å². The van der Waals surface area contributed by atoms with Gasteiger partial charge in [-0.1, -0.05) is 5.16 Å². The summed E-state index contributed by atoms with van der Waals surface area (Å²) in [4.78, 5) is 6.50. The average Bonchev–Trinajstić information content (AvgIpc) is 3.00. The lowest BCUT2D eigenvalue weighted by Crippen LogP contribution is -2.26. The van der Waals surface area contributed by atoms with E-state index in [2.05, 4.69) is 15.0 Å². The van der Waals surface area contributed by atoms with Crippen LogP contribution in [-0.4, -0.2) is 34.2 Å². The Balaban J connectivity index is 0.00000147. The predicted octanol–water partition coefficient (Wildman–Crippen LogP) is 1.83. The smallest absolute Gasteiger partial charge is 0.241 e. The standard InChI is InChI=1S/C13H15FN4O.ClH/c14-10-3-1-9(2-4-10)13-16-12(19-17-13)8-18-6-5-11(15)7-18;/h1-4,11H,5-8,15H2;1H. The third-order valence-corrected chi connectivity index (χ3v) is 3.24. The van der Waals surface area contributed by atoms with Crippen molar-refractivity contribution < 1.29 is 8.91 Å². The molecule has 7 heteroatoms. The molecule has 0 bridgehead atoms. The Morgan fingerprint density at radius 3 is 2.75 bits per heavy atom. The van der Waals surface area contributed by atoms with Crippen LogP contribution in [0.15, 0.2) is 28.8 Å². The van der Waals surface area contributed by atoms with Crippen molar-refractivity contribution in [2.24, 2.45) is 5.73 Å². The summed E-state index contributed by atoms with van der Waals surface area (Å²) in [6, 6.07) is 6.26. The summed E-state index contributed by atoms with van der Waals surface area (Å²) in [6.45, 7) is 2.42. The summed E-state index contributed by atoms with van der Waals surface area (Å²) in [5.41, 5.74) is 6.59. The molecule has 1 aliphatic rings. The van der Waals surface area contributed by atoms with E-state index in [9.17, 15) is 4.39 Å². The van der Waals surface area contributed by atoms with Crippen molar-refractivity contribution in [2.75, 3.05) is 13.1 Å². The van der Waals surface area contributed by atoms with E-state index in [1.165, 1.54) is 12.1 Å². The average molecular weight is 299 g/mol. The normalized spacial score (nSPS) is 19.0. The van der Waals surface area contributed by atoms with Crippen molar-refractivity contribution in [3.8, 4) is 11.4 Å². The van der Waals surface area contributed by atoms with E-state index in [0.717, 1.165) is 25.1 Å². The second kappa shape index (κ2) is 6.30. The fourth-order valence-electron chi connectivity index (χ4n) is 2.23. The summed E-state index contributed by atoms with van der Waals surface area (Å²) in [5.74, 6) is 0.769. The Bertz CT molecular complexity index is 560. The zero-order valence-corrected chi connectivity index (χ0v) is 11.6. The van der Waals surface area contributed by atoms with Crippen molar-refractivity contribution in [2.45, 2.75) is 19.0 Å². The summed E-state index contributed by atoms with van der Waals surface area (Å²) < 4.78 is 18.0. The molecule has 2 heterocycles. The second-order valence-corrected chi connectivity index (χ2v) is 4.80. The lowest BCUT2D eigenvalue weighted by atomic mass is 10.2. The summed E-state index contributed by atoms with van der Waals surface area (Å²) >= 11 is 0. The SMILES string of the molecule is Cl.NC1CCN(Cc2nc(-c3ccc(F)cc3)no2)C1. The first-order chi connectivity index (χ1) is 9.20. The number of likely N-dealkylation sites (tertiary alicyclic amines) is 1. The number of hydrogen-bond acceptors (Lipinski definition) is 5. The molecule has 0 spiro atoms. The number of nitrogens with zero attached hydrogens (tertiary/aromatic N) is 3. The third kappa shape index (κ3) is 3.33. The molecule has 0 aliphatic carbocycles. The highest BCUT2D eigenvalue weighted by Crippen LogP contribution is 2.17. The van der Waals surface area contributed by atoms with Crippen molar-refractivity contribution >= 4 is 12.4 Å². The van der Waals surface area contributed by atoms with Crippen molar-refractivity contribution in [3.05, 3.63) is 36.0 Å². The first kappa shape index (κ1) is 14.9. The van der Waals surface area contributed by atoms with Gasteiger partial charge in [0.05, 0.1) is 6.54 Å². The number of halogens is 2. The van der Waals surface area contributed by atoms with Gasteiger partial charge < -0.3 is 10.3 Å². The minimum atomic E-state index is -0.279. The van der Waals surface area contributed by atoms with Crippen LogP contribution in [-0.2, 0) is 6.54 Å². The van der Waals surface area contributed by atoms with Crippen LogP contribution in [0.2, 0.25) is 0 Å². The van der Waals surface area contributed by atoms with Gasteiger partial charge in [0.2, 0.25) is 11.7 Å². The molecule has 1 aromatic carbocycles. The van der Waals surface area contributed by atoms with Gasteiger partial charge in [-0.05, 0) is 30.7 Å². The van der Waals surface area contributed by atoms with E-state index in [0.29, 0.717) is 18.3 Å². The van der Waals surface area contributed by atoms with Crippen LogP contribution in [0.25, 0.3) is 11.4 Å². The zero-order valence-electron chi connectivity index (χ0n) is 10.8. The summed E-state index contributed by atoms with van der Waals surface area (Å²) in [5, 5.41) is 3.91. The van der Waals surface area contributed by atoms with Gasteiger partial charge in [-0.3, -0.25) is 4.90 Å². The number of nitrogens with two attached hydrogens (primary N) is 1. The van der Waals surface area contributed by atoms with Gasteiger partial charge in [0.15, 0.2) is 0 Å². The Morgan fingerprint density at radius 2 is 2.10 bits per heavy atom. The molecule has 5 nitrogen and oxygen atoms in total. The molecule has 0 amide bonds. The Kier molecular flexibility index (Phi) is 4.69. The highest BCUT2D eigenvalue weighted by molar-refractivity contribution is 5.85. The molecule has 1 aromatic heterocycles. The molecular formula is C13H16ClFN4O. The minimum absolute atomic E-state index is 0. The minimum Gasteiger partial charge on any atom is -0.338 e. The van der Waals surface area contributed by atoms with E-state index in [-0.39, 0.29) is 24.3 Å². The van der Waals surface area contributed by atoms with Crippen molar-refractivity contribution in [1.29, 1.82) is 0 Å². The van der Waals surface area contributed by atoms with Crippen LogP contribution >= 0.6 is 12.4 Å². The lowest BCUT2D eigenvalue weighted by molar-refractivity contribution is 0.265. The molecule has 0 saturated carbocycles. The number of benzene rings is 1. The fraction of sp³-hybridized carbons (Fsp3) is 0.385. The maximum Gasteiger partial charge on any atom is 0.241 e. The first-order valence-corrected chi connectivity index (χ1v) is 6.27. The van der Waals surface area contributed by atoms with Crippen LogP contribution in [0.3, 0.4) is 0 Å². The predicted molar refractivity (Wildman–Crippen MR) is 74.8 cm³/mol. The molecule has 2 N–H and O–H groups in total. The Hall–Kier alpha value is -1.50. The monoisotopic (exact) mass is 298 g/mol. The van der Waals surface area contributed by atoms with Gasteiger partial charge in [-0.25, -0.2) is 4.39 Å². The topological polar surface area (TPSA) is 68.2 Å². The summed E-state index contributed by atoms with van der Waals surface area (Å²) in [7, 11) is 0. The third-order valence-electron chi connectivity index (χ3n) is 3.24. The van der Waals surface area contributed by atoms with Crippen molar-refractivity contribution in [1.82, 2.24) is 15.0 Å². The highest BCUT2D eigenvalue weighted by atomic mass is 35.5. The Labute approximate surface area is 122 Å². The largest absolute Gasteiger partial charge is 0.338 e. The van der Waals surface area contributed by atoms with Gasteiger partial charge in [0, 0.05) is 24.7 Å². The van der Waals surface area contributed by atoms with Gasteiger partial charge in [0.25, 0.3) is 0 Å². The van der Waals surface area contributed by atoms with E-state index in [4.69, 9.17) is 10.3 Å². The second-order valence-electron chi connectivity index (χ2n) is 4.80. The maximum atomic E-state index is 12.8. The number of hydrogen-bond donors (Lipinski definition) is 1. The molecular weight excluding hydrogens is 283 g/mol. The molecule has 1 saturated heterocycles. The van der Waals surface area contributed by atoms with E-state index >= 15 is 0 Å². The molecule has 20 heavy (non-hydrogen) atoms. The quantitative estimate of drug-likeness (QED) is 0.936. The molecule has 0 radical (unpaired) electrons. The molecule has 1 unspecified atom stereocenters. The molecule has 1 aliphatic heterocycles. The maximum absolute atomic E-state index is 12.8. The fourth-order valence-corrected chi connectivity index (χ4v) is 2.23. The van der Waals surface area contributed by atoms with E-state index in [1.54, 1.807) is 12.1 Å². The number of rotatable bonds is 3. The van der Waals surface area contributed by atoms with Crippen LogP contribution in [0.1, 0.15) is 12.3 Å². The summed E-state index contributed by atoms with van der Waals surface area (Å²) in [6.07, 6.45) is 0.999. The van der Waals surface area contributed by atoms with E-state index < -0.39 is 0 Å². The van der Waals surface area contributed by atoms with Gasteiger partial charge in [-0.15, -0.1) is 12.4 Å². The van der Waals surface area contributed by atoms with Gasteiger partial charge in [-0.2, -0.15) is 4.98 Å². The molecule has 108 valence electrons. The van der Waals surface area contributed by atoms with E-state index in [1.807, 2.05) is 0 Å². The van der Waals surface area contributed by atoms with Crippen LogP contribution in [0.5, 0.6) is 0 Å². The van der Waals surface area contributed by atoms with Crippen LogP contribution in [0, 0.1) is 5.82 Å². The molecule has 2 aromatic rings.